The molecule has 5 nitrogen and oxygen atoms in total. The molecule has 0 spiro atoms. The van der Waals surface area contributed by atoms with Crippen LogP contribution in [0.4, 0.5) is 0 Å². The Morgan fingerprint density at radius 1 is 1.26 bits per heavy atom. The zero-order chi connectivity index (χ0) is 16.2. The Labute approximate surface area is 142 Å². The first-order valence-corrected chi connectivity index (χ1v) is 8.89. The molecule has 2 heterocycles. The number of rotatable bonds is 6. The molecule has 2 N–H and O–H groups in total. The highest BCUT2D eigenvalue weighted by atomic mass is 32.2. The van der Waals surface area contributed by atoms with Gasteiger partial charge >= 0.3 is 0 Å². The molecule has 3 aromatic rings. The Kier molecular flexibility index (Phi) is 4.78. The SMILES string of the molecule is CC(Sc1nnc(Cc2cccs2)n1-c1ccccc1)C(N)=O. The van der Waals surface area contributed by atoms with E-state index in [1.807, 2.05) is 46.3 Å². The van der Waals surface area contributed by atoms with Crippen molar-refractivity contribution in [2.45, 2.75) is 23.8 Å². The van der Waals surface area contributed by atoms with E-state index in [-0.39, 0.29) is 11.2 Å². The van der Waals surface area contributed by atoms with Gasteiger partial charge in [-0.2, -0.15) is 0 Å². The second-order valence-electron chi connectivity index (χ2n) is 4.99. The molecule has 0 fully saturated rings. The van der Waals surface area contributed by atoms with Crippen LogP contribution in [0.5, 0.6) is 0 Å². The van der Waals surface area contributed by atoms with Gasteiger partial charge in [-0.05, 0) is 30.5 Å². The number of para-hydroxylation sites is 1. The predicted molar refractivity (Wildman–Crippen MR) is 93.0 cm³/mol. The molecule has 0 saturated carbocycles. The zero-order valence-electron chi connectivity index (χ0n) is 12.5. The summed E-state index contributed by atoms with van der Waals surface area (Å²) in [4.78, 5) is 12.6. The van der Waals surface area contributed by atoms with Gasteiger partial charge in [0.25, 0.3) is 0 Å². The minimum atomic E-state index is -0.365. The van der Waals surface area contributed by atoms with Gasteiger partial charge in [-0.3, -0.25) is 9.36 Å². The molecule has 0 aliphatic rings. The van der Waals surface area contributed by atoms with Gasteiger partial charge < -0.3 is 5.73 Å². The topological polar surface area (TPSA) is 73.8 Å². The molecule has 0 aliphatic heterocycles. The van der Waals surface area contributed by atoms with E-state index >= 15 is 0 Å². The number of hydrogen-bond donors (Lipinski definition) is 1. The first-order chi connectivity index (χ1) is 11.1. The molecule has 1 unspecified atom stereocenters. The van der Waals surface area contributed by atoms with Gasteiger partial charge in [-0.25, -0.2) is 0 Å². The summed E-state index contributed by atoms with van der Waals surface area (Å²) in [6, 6.07) is 14.0. The number of primary amides is 1. The number of hydrogen-bond acceptors (Lipinski definition) is 5. The van der Waals surface area contributed by atoms with E-state index in [1.165, 1.54) is 16.6 Å². The highest BCUT2D eigenvalue weighted by Crippen LogP contribution is 2.27. The first-order valence-electron chi connectivity index (χ1n) is 7.13. The number of thiophene rings is 1. The Balaban J connectivity index is 1.99. The normalized spacial score (nSPS) is 12.2. The molecule has 118 valence electrons. The maximum absolute atomic E-state index is 11.4. The van der Waals surface area contributed by atoms with Crippen LogP contribution >= 0.6 is 23.1 Å². The molecule has 0 bridgehead atoms. The summed E-state index contributed by atoms with van der Waals surface area (Å²) in [5.74, 6) is 0.482. The van der Waals surface area contributed by atoms with Gasteiger partial charge in [0, 0.05) is 17.0 Å². The highest BCUT2D eigenvalue weighted by molar-refractivity contribution is 8.00. The summed E-state index contributed by atoms with van der Waals surface area (Å²) in [6.07, 6.45) is 0.699. The molecule has 3 rings (SSSR count). The van der Waals surface area contributed by atoms with Crippen LogP contribution in [-0.2, 0) is 11.2 Å². The number of carbonyl (C=O) groups is 1. The second kappa shape index (κ2) is 6.97. The van der Waals surface area contributed by atoms with Gasteiger partial charge in [0.05, 0.1) is 5.25 Å². The number of amides is 1. The van der Waals surface area contributed by atoms with Crippen LogP contribution in [-0.4, -0.2) is 25.9 Å². The zero-order valence-corrected chi connectivity index (χ0v) is 14.2. The largest absolute Gasteiger partial charge is 0.369 e. The lowest BCUT2D eigenvalue weighted by Gasteiger charge is -2.11. The van der Waals surface area contributed by atoms with Crippen molar-refractivity contribution in [2.24, 2.45) is 5.73 Å². The van der Waals surface area contributed by atoms with Crippen LogP contribution in [0.1, 0.15) is 17.6 Å². The number of thioether (sulfide) groups is 1. The fourth-order valence-electron chi connectivity index (χ4n) is 2.11. The number of nitrogens with zero attached hydrogens (tertiary/aromatic N) is 3. The van der Waals surface area contributed by atoms with Crippen molar-refractivity contribution >= 4 is 29.0 Å². The number of carbonyl (C=O) groups excluding carboxylic acids is 1. The number of benzene rings is 1. The Bertz CT molecular complexity index is 784. The van der Waals surface area contributed by atoms with Crippen molar-refractivity contribution < 1.29 is 4.79 Å². The van der Waals surface area contributed by atoms with E-state index in [2.05, 4.69) is 16.3 Å². The van der Waals surface area contributed by atoms with E-state index < -0.39 is 0 Å². The summed E-state index contributed by atoms with van der Waals surface area (Å²) < 4.78 is 1.99. The van der Waals surface area contributed by atoms with Gasteiger partial charge in [0.15, 0.2) is 5.16 Å². The summed E-state index contributed by atoms with van der Waals surface area (Å²) in [7, 11) is 0. The third-order valence-electron chi connectivity index (χ3n) is 3.31. The molecule has 1 amide bonds. The van der Waals surface area contributed by atoms with Crippen molar-refractivity contribution in [3.63, 3.8) is 0 Å². The quantitative estimate of drug-likeness (QED) is 0.698. The first kappa shape index (κ1) is 15.8. The standard InChI is InChI=1S/C16H16N4OS2/c1-11(15(17)21)23-16-19-18-14(10-13-8-5-9-22-13)20(16)12-6-3-2-4-7-12/h2-9,11H,10H2,1H3,(H2,17,21). The lowest BCUT2D eigenvalue weighted by Crippen LogP contribution is -2.23. The summed E-state index contributed by atoms with van der Waals surface area (Å²) in [5.41, 5.74) is 6.35. The Hall–Kier alpha value is -2.12. The molecular weight excluding hydrogens is 328 g/mol. The van der Waals surface area contributed by atoms with Gasteiger partial charge in [0.2, 0.25) is 5.91 Å². The van der Waals surface area contributed by atoms with Crippen LogP contribution in [0.2, 0.25) is 0 Å². The summed E-state index contributed by atoms with van der Waals surface area (Å²) in [5, 5.41) is 11.0. The van der Waals surface area contributed by atoms with Gasteiger partial charge in [0.1, 0.15) is 5.82 Å². The smallest absolute Gasteiger partial charge is 0.230 e. The summed E-state index contributed by atoms with van der Waals surface area (Å²) >= 11 is 3.01. The van der Waals surface area contributed by atoms with Gasteiger partial charge in [-0.15, -0.1) is 21.5 Å². The van der Waals surface area contributed by atoms with E-state index in [9.17, 15) is 4.79 Å². The predicted octanol–water partition coefficient (Wildman–Crippen LogP) is 2.89. The molecular formula is C16H16N4OS2. The fraction of sp³-hybridized carbons (Fsp3) is 0.188. The van der Waals surface area contributed by atoms with E-state index in [1.54, 1.807) is 18.3 Å². The van der Waals surface area contributed by atoms with E-state index in [4.69, 9.17) is 5.73 Å². The molecule has 1 atom stereocenters. The number of aromatic nitrogens is 3. The lowest BCUT2D eigenvalue weighted by molar-refractivity contribution is -0.117. The van der Waals surface area contributed by atoms with Crippen molar-refractivity contribution in [2.75, 3.05) is 0 Å². The lowest BCUT2D eigenvalue weighted by atomic mass is 10.3. The minimum Gasteiger partial charge on any atom is -0.369 e. The molecule has 23 heavy (non-hydrogen) atoms. The average molecular weight is 344 g/mol. The van der Waals surface area contributed by atoms with Crippen molar-refractivity contribution in [3.05, 3.63) is 58.5 Å². The van der Waals surface area contributed by atoms with Crippen molar-refractivity contribution in [1.82, 2.24) is 14.8 Å². The molecule has 0 saturated heterocycles. The maximum Gasteiger partial charge on any atom is 0.230 e. The van der Waals surface area contributed by atoms with Crippen LogP contribution in [0, 0.1) is 0 Å². The second-order valence-corrected chi connectivity index (χ2v) is 7.33. The highest BCUT2D eigenvalue weighted by Gasteiger charge is 2.19. The van der Waals surface area contributed by atoms with Crippen molar-refractivity contribution in [1.29, 1.82) is 0 Å². The van der Waals surface area contributed by atoms with Gasteiger partial charge in [-0.1, -0.05) is 36.0 Å². The molecule has 2 aromatic heterocycles. The average Bonchev–Trinajstić information content (AvgIpc) is 3.19. The molecule has 7 heteroatoms. The Morgan fingerprint density at radius 2 is 2.04 bits per heavy atom. The Morgan fingerprint density at radius 3 is 2.70 bits per heavy atom. The van der Waals surface area contributed by atoms with Crippen molar-refractivity contribution in [3.8, 4) is 5.69 Å². The third kappa shape index (κ3) is 3.62. The maximum atomic E-state index is 11.4. The van der Waals surface area contributed by atoms with Crippen LogP contribution in [0.3, 0.4) is 0 Å². The number of nitrogens with two attached hydrogens (primary N) is 1. The molecule has 1 aromatic carbocycles. The monoisotopic (exact) mass is 344 g/mol. The minimum absolute atomic E-state index is 0.364. The molecule has 0 radical (unpaired) electrons. The fourth-order valence-corrected chi connectivity index (χ4v) is 3.65. The van der Waals surface area contributed by atoms with Crippen LogP contribution in [0.25, 0.3) is 5.69 Å². The summed E-state index contributed by atoms with van der Waals surface area (Å²) in [6.45, 7) is 1.77. The van der Waals surface area contributed by atoms with Crippen LogP contribution in [0.15, 0.2) is 53.0 Å². The van der Waals surface area contributed by atoms with E-state index in [0.717, 1.165) is 11.5 Å². The third-order valence-corrected chi connectivity index (χ3v) is 5.25. The molecule has 0 aliphatic carbocycles. The van der Waals surface area contributed by atoms with Crippen LogP contribution < -0.4 is 5.73 Å². The van der Waals surface area contributed by atoms with E-state index in [0.29, 0.717) is 11.6 Å².